The highest BCUT2D eigenvalue weighted by molar-refractivity contribution is 5.28. The van der Waals surface area contributed by atoms with Gasteiger partial charge in [0.15, 0.2) is 0 Å². The lowest BCUT2D eigenvalue weighted by molar-refractivity contribution is -0.385. The van der Waals surface area contributed by atoms with Gasteiger partial charge in [0, 0.05) is 12.1 Å². The summed E-state index contributed by atoms with van der Waals surface area (Å²) in [6.45, 7) is 3.80. The molecule has 1 heterocycles. The first-order valence-corrected chi connectivity index (χ1v) is 3.58. The van der Waals surface area contributed by atoms with Crippen LogP contribution in [0.2, 0.25) is 0 Å². The Kier molecular flexibility index (Phi) is 2.97. The summed E-state index contributed by atoms with van der Waals surface area (Å²) >= 11 is 0. The van der Waals surface area contributed by atoms with E-state index in [0.29, 0.717) is 12.5 Å². The summed E-state index contributed by atoms with van der Waals surface area (Å²) in [7, 11) is 0. The molecule has 0 amide bonds. The van der Waals surface area contributed by atoms with Crippen molar-refractivity contribution in [3.8, 4) is 5.88 Å². The second-order valence-electron chi connectivity index (χ2n) is 2.21. The molecule has 0 saturated heterocycles. The third kappa shape index (κ3) is 2.55. The van der Waals surface area contributed by atoms with E-state index in [1.54, 1.807) is 6.08 Å². The predicted molar refractivity (Wildman–Crippen MR) is 46.6 cm³/mol. The first-order chi connectivity index (χ1) is 6.24. The molecule has 0 radical (unpaired) electrons. The number of hydrogen-bond donors (Lipinski definition) is 0. The van der Waals surface area contributed by atoms with Crippen molar-refractivity contribution in [2.75, 3.05) is 6.61 Å². The molecule has 5 heteroatoms. The Morgan fingerprint density at radius 3 is 2.92 bits per heavy atom. The Hall–Kier alpha value is -1.91. The van der Waals surface area contributed by atoms with Crippen LogP contribution in [-0.2, 0) is 0 Å². The van der Waals surface area contributed by atoms with Gasteiger partial charge in [-0.3, -0.25) is 10.1 Å². The quantitative estimate of drug-likeness (QED) is 0.400. The summed E-state index contributed by atoms with van der Waals surface area (Å²) in [5.74, 6) is 0.352. The fourth-order valence-electron chi connectivity index (χ4n) is 0.710. The van der Waals surface area contributed by atoms with Crippen molar-refractivity contribution in [3.05, 3.63) is 41.1 Å². The van der Waals surface area contributed by atoms with E-state index in [2.05, 4.69) is 11.6 Å². The van der Waals surface area contributed by atoms with Gasteiger partial charge in [-0.2, -0.15) is 0 Å². The lowest BCUT2D eigenvalue weighted by Crippen LogP contribution is -1.96. The maximum atomic E-state index is 10.2. The van der Waals surface area contributed by atoms with Crippen molar-refractivity contribution in [2.24, 2.45) is 0 Å². The van der Waals surface area contributed by atoms with Crippen LogP contribution < -0.4 is 4.74 Å². The molecule has 0 aliphatic carbocycles. The number of nitro groups is 1. The Balaban J connectivity index is 2.69. The topological polar surface area (TPSA) is 65.3 Å². The van der Waals surface area contributed by atoms with Gasteiger partial charge >= 0.3 is 0 Å². The molecule has 1 aromatic heterocycles. The molecule has 0 N–H and O–H groups in total. The molecule has 0 aliphatic heterocycles. The smallest absolute Gasteiger partial charge is 0.287 e. The van der Waals surface area contributed by atoms with E-state index in [-0.39, 0.29) is 5.69 Å². The second-order valence-corrected chi connectivity index (χ2v) is 2.21. The van der Waals surface area contributed by atoms with Crippen molar-refractivity contribution in [3.63, 3.8) is 0 Å². The molecule has 5 nitrogen and oxygen atoms in total. The highest BCUT2D eigenvalue weighted by atomic mass is 16.6. The van der Waals surface area contributed by atoms with Crippen LogP contribution in [0.1, 0.15) is 0 Å². The van der Waals surface area contributed by atoms with Crippen LogP contribution in [0.4, 0.5) is 5.69 Å². The van der Waals surface area contributed by atoms with Gasteiger partial charge in [-0.25, -0.2) is 4.98 Å². The van der Waals surface area contributed by atoms with Gasteiger partial charge in [-0.05, 0) is 0 Å². The second kappa shape index (κ2) is 4.20. The Morgan fingerprint density at radius 2 is 2.46 bits per heavy atom. The normalized spacial score (nSPS) is 9.23. The molecule has 1 aromatic rings. The van der Waals surface area contributed by atoms with Gasteiger partial charge in [0.05, 0.1) is 4.92 Å². The molecule has 13 heavy (non-hydrogen) atoms. The molecule has 0 fully saturated rings. The molecule has 0 unspecified atom stereocenters. The zero-order valence-electron chi connectivity index (χ0n) is 6.84. The van der Waals surface area contributed by atoms with Gasteiger partial charge in [-0.15, -0.1) is 0 Å². The molecular formula is C8H8N2O3. The molecule has 0 aliphatic rings. The third-order valence-electron chi connectivity index (χ3n) is 1.28. The Morgan fingerprint density at radius 1 is 1.69 bits per heavy atom. The van der Waals surface area contributed by atoms with Crippen LogP contribution in [0.25, 0.3) is 0 Å². The summed E-state index contributed by atoms with van der Waals surface area (Å²) < 4.78 is 5.04. The molecule has 68 valence electrons. The van der Waals surface area contributed by atoms with Crippen molar-refractivity contribution in [1.82, 2.24) is 4.98 Å². The highest BCUT2D eigenvalue weighted by Gasteiger charge is 2.04. The zero-order valence-corrected chi connectivity index (χ0v) is 6.84. The number of aromatic nitrogens is 1. The van der Waals surface area contributed by atoms with E-state index >= 15 is 0 Å². The van der Waals surface area contributed by atoms with Crippen molar-refractivity contribution in [2.45, 2.75) is 0 Å². The van der Waals surface area contributed by atoms with E-state index in [1.165, 1.54) is 12.1 Å². The largest absolute Gasteiger partial charge is 0.473 e. The summed E-state index contributed by atoms with van der Waals surface area (Å²) in [4.78, 5) is 13.5. The minimum absolute atomic E-state index is 0.0500. The average molecular weight is 180 g/mol. The van der Waals surface area contributed by atoms with Gasteiger partial charge in [-0.1, -0.05) is 12.7 Å². The highest BCUT2D eigenvalue weighted by Crippen LogP contribution is 2.12. The van der Waals surface area contributed by atoms with Gasteiger partial charge in [0.1, 0.15) is 12.8 Å². The summed E-state index contributed by atoms with van der Waals surface area (Å²) in [6.07, 6.45) is 2.72. The molecule has 0 aromatic carbocycles. The third-order valence-corrected chi connectivity index (χ3v) is 1.28. The standard InChI is InChI=1S/C8H8N2O3/c1-2-5-13-8-4-3-7(6-9-8)10(11)12/h2-4,6H,1,5H2. The van der Waals surface area contributed by atoms with Crippen molar-refractivity contribution in [1.29, 1.82) is 0 Å². The minimum atomic E-state index is -0.510. The molecule has 0 bridgehead atoms. The monoisotopic (exact) mass is 180 g/mol. The Labute approximate surface area is 74.8 Å². The van der Waals surface area contributed by atoms with E-state index in [0.717, 1.165) is 6.20 Å². The number of hydrogen-bond acceptors (Lipinski definition) is 4. The summed E-state index contributed by atoms with van der Waals surface area (Å²) in [6, 6.07) is 2.78. The first-order valence-electron chi connectivity index (χ1n) is 3.58. The van der Waals surface area contributed by atoms with Gasteiger partial charge < -0.3 is 4.74 Å². The molecule has 0 saturated carbocycles. The molecule has 1 rings (SSSR count). The first kappa shape index (κ1) is 9.18. The number of pyridine rings is 1. The fraction of sp³-hybridized carbons (Fsp3) is 0.125. The lowest BCUT2D eigenvalue weighted by atomic mass is 10.4. The lowest BCUT2D eigenvalue weighted by Gasteiger charge is -1.99. The maximum Gasteiger partial charge on any atom is 0.287 e. The fourth-order valence-corrected chi connectivity index (χ4v) is 0.710. The number of ether oxygens (including phenoxy) is 1. The van der Waals surface area contributed by atoms with E-state index in [4.69, 9.17) is 4.74 Å². The van der Waals surface area contributed by atoms with Gasteiger partial charge in [0.2, 0.25) is 5.88 Å². The van der Waals surface area contributed by atoms with Crippen LogP contribution >= 0.6 is 0 Å². The molecule has 0 spiro atoms. The minimum Gasteiger partial charge on any atom is -0.473 e. The Bertz CT molecular complexity index is 308. The van der Waals surface area contributed by atoms with Crippen LogP contribution in [0.5, 0.6) is 5.88 Å². The predicted octanol–water partition coefficient (Wildman–Crippen LogP) is 1.55. The maximum absolute atomic E-state index is 10.2. The number of rotatable bonds is 4. The SMILES string of the molecule is C=CCOc1ccc([N+](=O)[O-])cn1. The summed E-state index contributed by atoms with van der Waals surface area (Å²) in [5.41, 5.74) is -0.0500. The zero-order chi connectivity index (χ0) is 9.68. The van der Waals surface area contributed by atoms with Crippen molar-refractivity contribution < 1.29 is 9.66 Å². The van der Waals surface area contributed by atoms with Gasteiger partial charge in [0.25, 0.3) is 5.69 Å². The van der Waals surface area contributed by atoms with E-state index < -0.39 is 4.92 Å². The van der Waals surface area contributed by atoms with Crippen LogP contribution in [-0.4, -0.2) is 16.5 Å². The molecular weight excluding hydrogens is 172 g/mol. The average Bonchev–Trinajstić information content (AvgIpc) is 2.15. The van der Waals surface area contributed by atoms with E-state index in [9.17, 15) is 10.1 Å². The van der Waals surface area contributed by atoms with Crippen molar-refractivity contribution >= 4 is 5.69 Å². The van der Waals surface area contributed by atoms with Crippen LogP contribution in [0, 0.1) is 10.1 Å². The molecule has 0 atom stereocenters. The summed E-state index contributed by atoms with van der Waals surface area (Å²) in [5, 5.41) is 10.2. The van der Waals surface area contributed by atoms with Crippen LogP contribution in [0.15, 0.2) is 31.0 Å². The van der Waals surface area contributed by atoms with E-state index in [1.807, 2.05) is 0 Å². The number of nitrogens with zero attached hydrogens (tertiary/aromatic N) is 2. The van der Waals surface area contributed by atoms with Crippen LogP contribution in [0.3, 0.4) is 0 Å².